The van der Waals surface area contributed by atoms with Gasteiger partial charge in [0.1, 0.15) is 6.10 Å². The first-order valence-electron chi connectivity index (χ1n) is 4.21. The normalized spacial score (nSPS) is 23.3. The van der Waals surface area contributed by atoms with Gasteiger partial charge in [-0.3, -0.25) is 4.79 Å². The van der Waals surface area contributed by atoms with Crippen molar-refractivity contribution in [2.45, 2.75) is 6.10 Å². The van der Waals surface area contributed by atoms with Crippen LogP contribution < -0.4 is 0 Å². The van der Waals surface area contributed by atoms with Gasteiger partial charge in [0.05, 0.1) is 19.8 Å². The molecule has 0 amide bonds. The molecule has 1 rings (SSSR count). The molecule has 1 unspecified atom stereocenters. The zero-order valence-corrected chi connectivity index (χ0v) is 8.94. The molecule has 88 valence electrons. The second-order valence-electron chi connectivity index (χ2n) is 2.96. The van der Waals surface area contributed by atoms with Crippen LogP contribution in [0.3, 0.4) is 0 Å². The zero-order valence-electron chi connectivity index (χ0n) is 8.12. The Morgan fingerprint density at radius 3 is 2.53 bits per heavy atom. The highest BCUT2D eigenvalue weighted by Gasteiger charge is 2.32. The molecule has 1 heterocycles. The van der Waals surface area contributed by atoms with Crippen LogP contribution in [0.15, 0.2) is 0 Å². The topological polar surface area (TPSA) is 88.1 Å². The van der Waals surface area contributed by atoms with Crippen LogP contribution in [0.2, 0.25) is 0 Å². The first kappa shape index (κ1) is 12.4. The number of hydrogen-bond donors (Lipinski definition) is 0. The van der Waals surface area contributed by atoms with Crippen LogP contribution in [0.4, 0.5) is 0 Å². The molecule has 8 heteroatoms. The smallest absolute Gasteiger partial charge is 0.399 e. The number of carbonyl (C=O) groups excluding carboxylic acids is 1. The Morgan fingerprint density at radius 2 is 2.07 bits per heavy atom. The lowest BCUT2D eigenvalue weighted by Crippen LogP contribution is -2.39. The average molecular weight is 240 g/mol. The monoisotopic (exact) mass is 240 g/mol. The van der Waals surface area contributed by atoms with E-state index in [-0.39, 0.29) is 32.2 Å². The molecule has 15 heavy (non-hydrogen) atoms. The lowest BCUT2D eigenvalue weighted by atomic mass is 10.1. The molecule has 1 saturated heterocycles. The van der Waals surface area contributed by atoms with Gasteiger partial charge in [-0.25, -0.2) is 8.37 Å². The van der Waals surface area contributed by atoms with Gasteiger partial charge in [0.2, 0.25) is 0 Å². The SMILES string of the molecule is COCC(OC=O)C1COS(=O)(=O)OC1. The van der Waals surface area contributed by atoms with Gasteiger partial charge in [0.15, 0.2) is 0 Å². The summed E-state index contributed by atoms with van der Waals surface area (Å²) in [4.78, 5) is 10.2. The first-order chi connectivity index (χ1) is 7.09. The van der Waals surface area contributed by atoms with E-state index in [0.717, 1.165) is 0 Å². The van der Waals surface area contributed by atoms with Gasteiger partial charge in [-0.15, -0.1) is 0 Å². The Hall–Kier alpha value is -0.700. The minimum Gasteiger partial charge on any atom is -0.462 e. The molecule has 1 atom stereocenters. The molecule has 0 aromatic heterocycles. The summed E-state index contributed by atoms with van der Waals surface area (Å²) in [6, 6.07) is 0. The molecule has 1 fully saturated rings. The molecule has 0 radical (unpaired) electrons. The van der Waals surface area contributed by atoms with Crippen molar-refractivity contribution in [1.29, 1.82) is 0 Å². The van der Waals surface area contributed by atoms with Gasteiger partial charge in [-0.1, -0.05) is 0 Å². The van der Waals surface area contributed by atoms with Crippen LogP contribution in [0.1, 0.15) is 0 Å². The fourth-order valence-corrected chi connectivity index (χ4v) is 1.91. The third-order valence-corrected chi connectivity index (χ3v) is 2.79. The Morgan fingerprint density at radius 1 is 1.47 bits per heavy atom. The lowest BCUT2D eigenvalue weighted by Gasteiger charge is -2.27. The van der Waals surface area contributed by atoms with E-state index in [1.807, 2.05) is 0 Å². The molecule has 0 saturated carbocycles. The van der Waals surface area contributed by atoms with Crippen LogP contribution in [0, 0.1) is 5.92 Å². The fourth-order valence-electron chi connectivity index (χ4n) is 1.16. The van der Waals surface area contributed by atoms with Crippen LogP contribution in [-0.2, 0) is 33.0 Å². The summed E-state index contributed by atoms with van der Waals surface area (Å²) in [5.41, 5.74) is 0. The number of carbonyl (C=O) groups is 1. The molecule has 7 nitrogen and oxygen atoms in total. The zero-order chi connectivity index (χ0) is 11.3. The van der Waals surface area contributed by atoms with Crippen LogP contribution in [0.5, 0.6) is 0 Å². The predicted molar refractivity (Wildman–Crippen MR) is 47.1 cm³/mol. The van der Waals surface area contributed by atoms with E-state index in [4.69, 9.17) is 9.47 Å². The molecule has 1 aliphatic rings. The number of hydrogen-bond acceptors (Lipinski definition) is 7. The Labute approximate surface area is 87.6 Å². The van der Waals surface area contributed by atoms with E-state index < -0.39 is 16.5 Å². The minimum atomic E-state index is -3.86. The molecule has 0 N–H and O–H groups in total. The summed E-state index contributed by atoms with van der Waals surface area (Å²) in [5.74, 6) is -0.348. The fraction of sp³-hybridized carbons (Fsp3) is 0.857. The standard InChI is InChI=1S/C7H12O7S/c1-11-4-7(12-5-8)6-2-13-15(9,10)14-3-6/h5-7H,2-4H2,1H3. The highest BCUT2D eigenvalue weighted by Crippen LogP contribution is 2.17. The molecular weight excluding hydrogens is 228 g/mol. The van der Waals surface area contributed by atoms with Crippen molar-refractivity contribution < 1.29 is 31.1 Å². The summed E-state index contributed by atoms with van der Waals surface area (Å²) >= 11 is 0. The predicted octanol–water partition coefficient (Wildman–Crippen LogP) is -0.918. The molecule has 0 bridgehead atoms. The molecular formula is C7H12O7S. The van der Waals surface area contributed by atoms with Gasteiger partial charge in [-0.2, -0.15) is 8.42 Å². The lowest BCUT2D eigenvalue weighted by molar-refractivity contribution is -0.142. The first-order valence-corrected chi connectivity index (χ1v) is 5.54. The van der Waals surface area contributed by atoms with Crippen LogP contribution in [-0.4, -0.2) is 47.9 Å². The van der Waals surface area contributed by atoms with Crippen LogP contribution >= 0.6 is 0 Å². The van der Waals surface area contributed by atoms with E-state index in [0.29, 0.717) is 0 Å². The van der Waals surface area contributed by atoms with Crippen molar-refractivity contribution in [3.8, 4) is 0 Å². The van der Waals surface area contributed by atoms with Crippen molar-refractivity contribution in [1.82, 2.24) is 0 Å². The molecule has 0 aromatic rings. The van der Waals surface area contributed by atoms with Crippen molar-refractivity contribution in [2.24, 2.45) is 5.92 Å². The van der Waals surface area contributed by atoms with Gasteiger partial charge in [-0.05, 0) is 0 Å². The summed E-state index contributed by atoms with van der Waals surface area (Å²) in [6.07, 6.45) is -0.567. The van der Waals surface area contributed by atoms with E-state index in [2.05, 4.69) is 8.37 Å². The average Bonchev–Trinajstić information content (AvgIpc) is 2.18. The highest BCUT2D eigenvalue weighted by molar-refractivity contribution is 7.81. The quantitative estimate of drug-likeness (QED) is 0.574. The minimum absolute atomic E-state index is 0.0792. The van der Waals surface area contributed by atoms with Crippen molar-refractivity contribution in [2.75, 3.05) is 26.9 Å². The van der Waals surface area contributed by atoms with E-state index in [1.165, 1.54) is 7.11 Å². The maximum Gasteiger partial charge on any atom is 0.399 e. The van der Waals surface area contributed by atoms with Crippen LogP contribution in [0.25, 0.3) is 0 Å². The van der Waals surface area contributed by atoms with Gasteiger partial charge < -0.3 is 9.47 Å². The second kappa shape index (κ2) is 5.40. The molecule has 0 spiro atoms. The summed E-state index contributed by atoms with van der Waals surface area (Å²) < 4.78 is 39.9. The number of rotatable bonds is 5. The van der Waals surface area contributed by atoms with Gasteiger partial charge in [0.25, 0.3) is 6.47 Å². The summed E-state index contributed by atoms with van der Waals surface area (Å²) in [6.45, 7) is 0.289. The van der Waals surface area contributed by atoms with Crippen molar-refractivity contribution >= 4 is 16.9 Å². The molecule has 0 aliphatic carbocycles. The molecule has 1 aliphatic heterocycles. The number of methoxy groups -OCH3 is 1. The largest absolute Gasteiger partial charge is 0.462 e. The Balaban J connectivity index is 2.51. The van der Waals surface area contributed by atoms with E-state index in [1.54, 1.807) is 0 Å². The third kappa shape index (κ3) is 3.74. The third-order valence-electron chi connectivity index (χ3n) is 1.94. The van der Waals surface area contributed by atoms with Crippen molar-refractivity contribution in [3.05, 3.63) is 0 Å². The van der Waals surface area contributed by atoms with Crippen molar-refractivity contribution in [3.63, 3.8) is 0 Å². The Kier molecular flexibility index (Phi) is 4.45. The Bertz CT molecular complexity index is 284. The maximum atomic E-state index is 10.7. The highest BCUT2D eigenvalue weighted by atomic mass is 32.3. The van der Waals surface area contributed by atoms with E-state index >= 15 is 0 Å². The number of ether oxygens (including phenoxy) is 2. The maximum absolute atomic E-state index is 10.7. The summed E-state index contributed by atoms with van der Waals surface area (Å²) in [5, 5.41) is 0. The second-order valence-corrected chi connectivity index (χ2v) is 4.25. The summed E-state index contributed by atoms with van der Waals surface area (Å²) in [7, 11) is -2.42. The molecule has 0 aromatic carbocycles. The van der Waals surface area contributed by atoms with E-state index in [9.17, 15) is 13.2 Å². The van der Waals surface area contributed by atoms with Gasteiger partial charge >= 0.3 is 10.4 Å². The van der Waals surface area contributed by atoms with Gasteiger partial charge in [0, 0.05) is 13.0 Å².